The molecular weight excluding hydrogens is 364 g/mol. The maximum Gasteiger partial charge on any atom is 0.277 e. The van der Waals surface area contributed by atoms with Crippen LogP contribution in [0.3, 0.4) is 0 Å². The van der Waals surface area contributed by atoms with Gasteiger partial charge in [0.2, 0.25) is 17.7 Å². The van der Waals surface area contributed by atoms with Crippen molar-refractivity contribution in [2.45, 2.75) is 17.4 Å². The van der Waals surface area contributed by atoms with Crippen LogP contribution in [0.2, 0.25) is 0 Å². The first-order valence-corrected chi connectivity index (χ1v) is 9.14. The topological polar surface area (TPSA) is 87.1 Å². The summed E-state index contributed by atoms with van der Waals surface area (Å²) in [7, 11) is 1.62. The lowest BCUT2D eigenvalue weighted by Crippen LogP contribution is -1.88. The number of hydrogen-bond donors (Lipinski definition) is 0. The van der Waals surface area contributed by atoms with E-state index >= 15 is 0 Å². The summed E-state index contributed by atoms with van der Waals surface area (Å²) in [6.45, 7) is 1.95. The van der Waals surface area contributed by atoms with E-state index in [9.17, 15) is 0 Å². The number of methoxy groups -OCH3 is 1. The highest BCUT2D eigenvalue weighted by Crippen LogP contribution is 2.35. The van der Waals surface area contributed by atoms with Crippen molar-refractivity contribution < 1.29 is 13.6 Å². The number of benzene rings is 2. The van der Waals surface area contributed by atoms with Gasteiger partial charge >= 0.3 is 0 Å². The van der Waals surface area contributed by atoms with E-state index in [0.29, 0.717) is 22.9 Å². The molecule has 0 radical (unpaired) electrons. The molecule has 0 saturated heterocycles. The molecule has 136 valence electrons. The normalized spacial score (nSPS) is 12.1. The third-order valence-corrected chi connectivity index (χ3v) is 4.75. The number of hydrogen-bond acceptors (Lipinski definition) is 8. The highest BCUT2D eigenvalue weighted by atomic mass is 32.2. The smallest absolute Gasteiger partial charge is 0.277 e. The van der Waals surface area contributed by atoms with Crippen LogP contribution in [-0.2, 0) is 0 Å². The fourth-order valence-corrected chi connectivity index (χ4v) is 3.12. The zero-order valence-electron chi connectivity index (χ0n) is 14.7. The highest BCUT2D eigenvalue weighted by Gasteiger charge is 2.19. The van der Waals surface area contributed by atoms with Gasteiger partial charge in [0, 0.05) is 11.1 Å². The summed E-state index contributed by atoms with van der Waals surface area (Å²) in [4.78, 5) is 0. The lowest BCUT2D eigenvalue weighted by molar-refractivity contribution is 0.414. The van der Waals surface area contributed by atoms with Crippen molar-refractivity contribution in [1.82, 2.24) is 20.4 Å². The van der Waals surface area contributed by atoms with Crippen LogP contribution in [0.15, 0.2) is 68.7 Å². The van der Waals surface area contributed by atoms with Crippen LogP contribution in [0.1, 0.15) is 18.1 Å². The van der Waals surface area contributed by atoms with Crippen LogP contribution in [0.4, 0.5) is 0 Å². The summed E-state index contributed by atoms with van der Waals surface area (Å²) in [5.41, 5.74) is 1.71. The molecule has 0 bridgehead atoms. The van der Waals surface area contributed by atoms with Crippen LogP contribution in [0, 0.1) is 0 Å². The standard InChI is InChI=1S/C19H16N4O3S/c1-12(16-20-21-17(25-16)13-6-4-3-5-7-13)27-19-23-22-18(26-19)14-8-10-15(24-2)11-9-14/h3-12H,1-2H3. The van der Waals surface area contributed by atoms with E-state index in [1.807, 2.05) is 61.5 Å². The molecule has 0 aliphatic heterocycles. The second kappa shape index (κ2) is 7.63. The Morgan fingerprint density at radius 2 is 1.48 bits per heavy atom. The van der Waals surface area contributed by atoms with Gasteiger partial charge in [0.15, 0.2) is 0 Å². The third-order valence-electron chi connectivity index (χ3n) is 3.83. The summed E-state index contributed by atoms with van der Waals surface area (Å²) >= 11 is 1.37. The van der Waals surface area contributed by atoms with Crippen LogP contribution in [0.5, 0.6) is 5.75 Å². The second-order valence-electron chi connectivity index (χ2n) is 5.67. The van der Waals surface area contributed by atoms with Gasteiger partial charge in [-0.1, -0.05) is 30.0 Å². The van der Waals surface area contributed by atoms with Crippen molar-refractivity contribution >= 4 is 11.8 Å². The first-order valence-electron chi connectivity index (χ1n) is 8.26. The van der Waals surface area contributed by atoms with Crippen LogP contribution in [0.25, 0.3) is 22.9 Å². The largest absolute Gasteiger partial charge is 0.497 e. The average Bonchev–Trinajstić information content (AvgIpc) is 3.39. The Bertz CT molecular complexity index is 1010. The Hall–Kier alpha value is -3.13. The SMILES string of the molecule is COc1ccc(-c2nnc(SC(C)c3nnc(-c4ccccc4)o3)o2)cc1. The Kier molecular flexibility index (Phi) is 4.88. The molecule has 1 atom stereocenters. The predicted molar refractivity (Wildman–Crippen MR) is 100 cm³/mol. The highest BCUT2D eigenvalue weighted by molar-refractivity contribution is 7.99. The maximum absolute atomic E-state index is 5.77. The Morgan fingerprint density at radius 3 is 2.22 bits per heavy atom. The molecule has 8 heteroatoms. The first-order chi connectivity index (χ1) is 13.2. The number of aromatic nitrogens is 4. The van der Waals surface area contributed by atoms with Crippen molar-refractivity contribution in [2.75, 3.05) is 7.11 Å². The molecule has 1 unspecified atom stereocenters. The molecule has 4 rings (SSSR count). The van der Waals surface area contributed by atoms with Gasteiger partial charge in [-0.3, -0.25) is 0 Å². The van der Waals surface area contributed by atoms with E-state index in [1.54, 1.807) is 7.11 Å². The maximum atomic E-state index is 5.77. The van der Waals surface area contributed by atoms with E-state index in [-0.39, 0.29) is 5.25 Å². The molecule has 4 aromatic rings. The molecule has 0 amide bonds. The van der Waals surface area contributed by atoms with Crippen LogP contribution < -0.4 is 4.74 Å². The third kappa shape index (κ3) is 3.85. The minimum atomic E-state index is -0.126. The lowest BCUT2D eigenvalue weighted by atomic mass is 10.2. The number of ether oxygens (including phenoxy) is 1. The number of rotatable bonds is 6. The first kappa shape index (κ1) is 17.3. The summed E-state index contributed by atoms with van der Waals surface area (Å²) < 4.78 is 16.7. The Morgan fingerprint density at radius 1 is 0.815 bits per heavy atom. The summed E-state index contributed by atoms with van der Waals surface area (Å²) in [5.74, 6) is 2.21. The monoisotopic (exact) mass is 380 g/mol. The predicted octanol–water partition coefficient (Wildman–Crippen LogP) is 4.65. The molecule has 27 heavy (non-hydrogen) atoms. The van der Waals surface area contributed by atoms with Gasteiger partial charge in [-0.15, -0.1) is 20.4 Å². The van der Waals surface area contributed by atoms with Crippen LogP contribution >= 0.6 is 11.8 Å². The summed E-state index contributed by atoms with van der Waals surface area (Å²) in [5, 5.41) is 16.7. The van der Waals surface area contributed by atoms with Gasteiger partial charge in [-0.05, 0) is 43.3 Å². The number of nitrogens with zero attached hydrogens (tertiary/aromatic N) is 4. The van der Waals surface area contributed by atoms with Crippen molar-refractivity contribution in [1.29, 1.82) is 0 Å². The van der Waals surface area contributed by atoms with Crippen molar-refractivity contribution in [3.63, 3.8) is 0 Å². The molecule has 2 heterocycles. The van der Waals surface area contributed by atoms with Gasteiger partial charge in [0.25, 0.3) is 5.22 Å². The Balaban J connectivity index is 1.46. The minimum Gasteiger partial charge on any atom is -0.497 e. The molecule has 0 fully saturated rings. The van der Waals surface area contributed by atoms with Gasteiger partial charge in [-0.2, -0.15) is 0 Å². The van der Waals surface area contributed by atoms with Gasteiger partial charge in [0.05, 0.1) is 12.4 Å². The fourth-order valence-electron chi connectivity index (χ4n) is 2.41. The molecule has 0 aliphatic rings. The summed E-state index contributed by atoms with van der Waals surface area (Å²) in [6, 6.07) is 17.1. The van der Waals surface area contributed by atoms with E-state index in [2.05, 4.69) is 20.4 Å². The second-order valence-corrected chi connectivity index (χ2v) is 6.97. The quantitative estimate of drug-likeness (QED) is 0.447. The lowest BCUT2D eigenvalue weighted by Gasteiger charge is -2.02. The van der Waals surface area contributed by atoms with E-state index in [0.717, 1.165) is 16.9 Å². The molecule has 0 aliphatic carbocycles. The molecule has 2 aromatic heterocycles. The molecular formula is C19H16N4O3S. The van der Waals surface area contributed by atoms with Crippen LogP contribution in [-0.4, -0.2) is 27.5 Å². The van der Waals surface area contributed by atoms with Gasteiger partial charge in [0.1, 0.15) is 5.75 Å². The van der Waals surface area contributed by atoms with Gasteiger partial charge in [-0.25, -0.2) is 0 Å². The molecule has 0 N–H and O–H groups in total. The Labute approximate surface area is 159 Å². The minimum absolute atomic E-state index is 0.126. The van der Waals surface area contributed by atoms with Crippen molar-refractivity contribution in [3.05, 3.63) is 60.5 Å². The van der Waals surface area contributed by atoms with Crippen molar-refractivity contribution in [3.8, 4) is 28.7 Å². The average molecular weight is 380 g/mol. The van der Waals surface area contributed by atoms with E-state index < -0.39 is 0 Å². The molecule has 2 aromatic carbocycles. The summed E-state index contributed by atoms with van der Waals surface area (Å²) in [6.07, 6.45) is 0. The van der Waals surface area contributed by atoms with Gasteiger partial charge < -0.3 is 13.6 Å². The number of thioether (sulfide) groups is 1. The molecule has 0 saturated carbocycles. The fraction of sp³-hybridized carbons (Fsp3) is 0.158. The van der Waals surface area contributed by atoms with E-state index in [4.69, 9.17) is 13.6 Å². The zero-order chi connectivity index (χ0) is 18.6. The van der Waals surface area contributed by atoms with E-state index in [1.165, 1.54) is 11.8 Å². The zero-order valence-corrected chi connectivity index (χ0v) is 15.5. The molecule has 7 nitrogen and oxygen atoms in total. The molecule has 0 spiro atoms. The van der Waals surface area contributed by atoms with Crippen molar-refractivity contribution in [2.24, 2.45) is 0 Å².